The third-order valence-corrected chi connectivity index (χ3v) is 2.61. The van der Waals surface area contributed by atoms with Crippen molar-refractivity contribution in [2.45, 2.75) is 12.5 Å². The van der Waals surface area contributed by atoms with Gasteiger partial charge in [0.2, 0.25) is 0 Å². The van der Waals surface area contributed by atoms with Gasteiger partial charge in [0.25, 0.3) is 0 Å². The first-order valence-corrected chi connectivity index (χ1v) is 5.60. The minimum absolute atomic E-state index is 0. The van der Waals surface area contributed by atoms with Crippen molar-refractivity contribution in [3.63, 3.8) is 0 Å². The Morgan fingerprint density at radius 2 is 2.32 bits per heavy atom. The molecule has 104 valence electrons. The molecule has 0 radical (unpaired) electrons. The van der Waals surface area contributed by atoms with Crippen LogP contribution in [-0.2, 0) is 0 Å². The lowest BCUT2D eigenvalue weighted by Gasteiger charge is -2.22. The highest BCUT2D eigenvalue weighted by Crippen LogP contribution is 2.31. The van der Waals surface area contributed by atoms with Crippen molar-refractivity contribution < 1.29 is 26.5 Å². The highest BCUT2D eigenvalue weighted by atomic mass is 35.5. The fraction of sp³-hybridized carbons (Fsp3) is 0.364. The quantitative estimate of drug-likeness (QED) is 0.298. The van der Waals surface area contributed by atoms with Gasteiger partial charge in [-0.3, -0.25) is 10.7 Å². The monoisotopic (exact) mass is 287 g/mol. The molecule has 0 bridgehead atoms. The van der Waals surface area contributed by atoms with E-state index in [4.69, 9.17) is 16.2 Å². The predicted molar refractivity (Wildman–Crippen MR) is 63.3 cm³/mol. The summed E-state index contributed by atoms with van der Waals surface area (Å²) in [7, 11) is 0. The zero-order valence-electron chi connectivity index (χ0n) is 10.1. The van der Waals surface area contributed by atoms with Gasteiger partial charge in [0.05, 0.1) is 6.61 Å². The number of hydrogen-bond donors (Lipinski definition) is 3. The highest BCUT2D eigenvalue weighted by Gasteiger charge is 2.24. The van der Waals surface area contributed by atoms with Crippen LogP contribution in [0.25, 0.3) is 0 Å². The number of halogens is 2. The molecule has 6 nitrogen and oxygen atoms in total. The molecule has 1 aliphatic heterocycles. The molecule has 1 aliphatic rings. The minimum atomic E-state index is -0.374. The summed E-state index contributed by atoms with van der Waals surface area (Å²) in [6, 6.07) is 4.65. The maximum absolute atomic E-state index is 13.5. The molecule has 0 unspecified atom stereocenters. The second-order valence-electron chi connectivity index (χ2n) is 3.80. The average molecular weight is 288 g/mol. The summed E-state index contributed by atoms with van der Waals surface area (Å²) in [5, 5.41) is 7.26. The highest BCUT2D eigenvalue weighted by molar-refractivity contribution is 5.72. The standard InChI is InChI=1S/C11H14FN5O.ClH/c12-8-3-1-2-7-9(4-5-18-10(7)8)16-11(14)17-15-6-13;/h1-3,9H,4-6,13H2,(H2,14,16);1H/t9-;/m1./s1. The molecule has 0 fully saturated rings. The topological polar surface area (TPSA) is 100.0 Å². The van der Waals surface area contributed by atoms with Gasteiger partial charge in [-0.25, -0.2) is 4.39 Å². The summed E-state index contributed by atoms with van der Waals surface area (Å²) in [4.78, 5) is 2.97. The molecule has 19 heavy (non-hydrogen) atoms. The number of nitrogens with one attached hydrogen (secondary N) is 1. The SMILES string of the molecule is NCN=NC(N)=[NH+][C@@H]1CCOc2c(F)cccc21.[Cl-]. The van der Waals surface area contributed by atoms with Crippen LogP contribution in [-0.4, -0.2) is 19.2 Å². The number of ether oxygens (including phenoxy) is 1. The van der Waals surface area contributed by atoms with Gasteiger partial charge in [-0.05, 0) is 6.07 Å². The minimum Gasteiger partial charge on any atom is -1.00 e. The Hall–Kier alpha value is -1.73. The molecule has 1 aromatic rings. The fourth-order valence-electron chi connectivity index (χ4n) is 1.86. The Balaban J connectivity index is 0.00000180. The molecule has 8 heteroatoms. The first-order chi connectivity index (χ1) is 8.72. The summed E-state index contributed by atoms with van der Waals surface area (Å²) in [6.07, 6.45) is 0.676. The molecule has 1 heterocycles. The molecule has 2 rings (SSSR count). The summed E-state index contributed by atoms with van der Waals surface area (Å²) in [5.41, 5.74) is 11.5. The number of fused-ring (bicyclic) bond motifs is 1. The molecule has 5 N–H and O–H groups in total. The number of nitrogens with two attached hydrogens (primary N) is 2. The van der Waals surface area contributed by atoms with E-state index in [0.29, 0.717) is 13.0 Å². The predicted octanol–water partition coefficient (Wildman–Crippen LogP) is -3.58. The van der Waals surface area contributed by atoms with E-state index in [1.54, 1.807) is 12.1 Å². The van der Waals surface area contributed by atoms with E-state index in [0.717, 1.165) is 5.56 Å². The first-order valence-electron chi connectivity index (χ1n) is 5.60. The molecular formula is C11H15ClFN5O. The first kappa shape index (κ1) is 15.3. The average Bonchev–Trinajstić information content (AvgIpc) is 2.38. The summed E-state index contributed by atoms with van der Waals surface area (Å²) in [5.74, 6) is 0.0496. The number of hydrogen-bond acceptors (Lipinski definition) is 3. The summed E-state index contributed by atoms with van der Waals surface area (Å²) >= 11 is 0. The number of guanidine groups is 1. The van der Waals surface area contributed by atoms with Gasteiger partial charge in [0, 0.05) is 17.1 Å². The maximum Gasteiger partial charge on any atom is 0.405 e. The van der Waals surface area contributed by atoms with Gasteiger partial charge in [-0.2, -0.15) is 0 Å². The molecule has 1 aromatic carbocycles. The summed E-state index contributed by atoms with van der Waals surface area (Å²) in [6.45, 7) is 0.494. The normalized spacial score (nSPS) is 18.6. The Morgan fingerprint density at radius 1 is 1.53 bits per heavy atom. The second kappa shape index (κ2) is 7.01. The molecule has 0 aromatic heterocycles. The van der Waals surface area contributed by atoms with Crippen LogP contribution in [0, 0.1) is 5.82 Å². The molecule has 0 saturated heterocycles. The fourth-order valence-corrected chi connectivity index (χ4v) is 1.86. The zero-order chi connectivity index (χ0) is 13.0. The van der Waals surface area contributed by atoms with E-state index < -0.39 is 0 Å². The second-order valence-corrected chi connectivity index (χ2v) is 3.80. The van der Waals surface area contributed by atoms with Crippen molar-refractivity contribution in [1.82, 2.24) is 0 Å². The third kappa shape index (κ3) is 3.62. The molecule has 0 amide bonds. The van der Waals surface area contributed by atoms with E-state index >= 15 is 0 Å². The van der Waals surface area contributed by atoms with Crippen LogP contribution in [0.1, 0.15) is 18.0 Å². The van der Waals surface area contributed by atoms with Crippen molar-refractivity contribution in [3.8, 4) is 5.75 Å². The largest absolute Gasteiger partial charge is 1.00 e. The van der Waals surface area contributed by atoms with E-state index in [-0.39, 0.29) is 42.6 Å². The number of azo groups is 1. The van der Waals surface area contributed by atoms with E-state index in [2.05, 4.69) is 15.2 Å². The van der Waals surface area contributed by atoms with Crippen LogP contribution < -0.4 is 33.6 Å². The lowest BCUT2D eigenvalue weighted by atomic mass is 10.0. The number of benzene rings is 1. The van der Waals surface area contributed by atoms with Crippen LogP contribution in [0.15, 0.2) is 28.4 Å². The van der Waals surface area contributed by atoms with E-state index in [1.807, 2.05) is 0 Å². The number of para-hydroxylation sites is 1. The Labute approximate surface area is 116 Å². The van der Waals surface area contributed by atoms with Crippen molar-refractivity contribution in [2.75, 3.05) is 13.3 Å². The lowest BCUT2D eigenvalue weighted by Crippen LogP contribution is -3.00. The van der Waals surface area contributed by atoms with Crippen molar-refractivity contribution in [1.29, 1.82) is 0 Å². The van der Waals surface area contributed by atoms with Gasteiger partial charge in [0.15, 0.2) is 11.6 Å². The Kier molecular flexibility index (Phi) is 5.65. The molecule has 0 aliphatic carbocycles. The van der Waals surface area contributed by atoms with Crippen molar-refractivity contribution in [2.24, 2.45) is 21.7 Å². The Morgan fingerprint density at radius 3 is 3.05 bits per heavy atom. The van der Waals surface area contributed by atoms with Gasteiger partial charge < -0.3 is 22.9 Å². The molecule has 0 saturated carbocycles. The zero-order valence-corrected chi connectivity index (χ0v) is 10.9. The van der Waals surface area contributed by atoms with Crippen LogP contribution in [0.3, 0.4) is 0 Å². The summed E-state index contributed by atoms with van der Waals surface area (Å²) < 4.78 is 18.8. The van der Waals surface area contributed by atoms with Crippen LogP contribution in [0.2, 0.25) is 0 Å². The molecule has 1 atom stereocenters. The van der Waals surface area contributed by atoms with Gasteiger partial charge in [-0.15, -0.1) is 0 Å². The maximum atomic E-state index is 13.5. The number of nitrogens with zero attached hydrogens (tertiary/aromatic N) is 2. The van der Waals surface area contributed by atoms with Crippen LogP contribution >= 0.6 is 0 Å². The molecule has 0 spiro atoms. The smallest absolute Gasteiger partial charge is 0.405 e. The van der Waals surface area contributed by atoms with Crippen molar-refractivity contribution >= 4 is 5.96 Å². The van der Waals surface area contributed by atoms with Gasteiger partial charge in [-0.1, -0.05) is 17.2 Å². The lowest BCUT2D eigenvalue weighted by molar-refractivity contribution is -0.515. The molecular weight excluding hydrogens is 273 g/mol. The number of rotatable bonds is 2. The Bertz CT molecular complexity index is 494. The van der Waals surface area contributed by atoms with Gasteiger partial charge >= 0.3 is 5.96 Å². The van der Waals surface area contributed by atoms with Crippen molar-refractivity contribution in [3.05, 3.63) is 29.6 Å². The van der Waals surface area contributed by atoms with Crippen LogP contribution in [0.4, 0.5) is 4.39 Å². The van der Waals surface area contributed by atoms with E-state index in [1.165, 1.54) is 6.07 Å². The van der Waals surface area contributed by atoms with Gasteiger partial charge in [0.1, 0.15) is 12.7 Å². The van der Waals surface area contributed by atoms with E-state index in [9.17, 15) is 4.39 Å². The third-order valence-electron chi connectivity index (χ3n) is 2.61. The van der Waals surface area contributed by atoms with Crippen LogP contribution in [0.5, 0.6) is 5.75 Å².